The van der Waals surface area contributed by atoms with Gasteiger partial charge < -0.3 is 11.5 Å². The molecule has 0 atom stereocenters. The first-order valence-electron chi connectivity index (χ1n) is 17.3. The van der Waals surface area contributed by atoms with Gasteiger partial charge in [0.15, 0.2) is 0 Å². The summed E-state index contributed by atoms with van der Waals surface area (Å²) in [6, 6.07) is 31.2. The fourth-order valence-corrected chi connectivity index (χ4v) is 6.24. The molecule has 4 aromatic rings. The van der Waals surface area contributed by atoms with Crippen molar-refractivity contribution in [2.24, 2.45) is 0 Å². The minimum absolute atomic E-state index is 0.877. The molecule has 44 heavy (non-hydrogen) atoms. The quantitative estimate of drug-likeness (QED) is 0.0845. The van der Waals surface area contributed by atoms with Crippen molar-refractivity contribution in [3.8, 4) is 0 Å². The molecular formula is C42H56N2. The molecule has 0 saturated heterocycles. The number of unbranched alkanes of at least 4 members (excludes halogenated alkanes) is 11. The van der Waals surface area contributed by atoms with Gasteiger partial charge in [0.2, 0.25) is 0 Å². The van der Waals surface area contributed by atoms with Gasteiger partial charge >= 0.3 is 0 Å². The first kappa shape index (κ1) is 33.4. The molecule has 4 N–H and O–H groups in total. The van der Waals surface area contributed by atoms with Gasteiger partial charge in [0, 0.05) is 11.4 Å². The molecule has 0 heterocycles. The van der Waals surface area contributed by atoms with Crippen molar-refractivity contribution >= 4 is 11.4 Å². The summed E-state index contributed by atoms with van der Waals surface area (Å²) < 4.78 is 0. The number of rotatable bonds is 19. The largest absolute Gasteiger partial charge is 0.399 e. The molecule has 2 heteroatoms. The Bertz CT molecular complexity index is 1280. The van der Waals surface area contributed by atoms with Crippen molar-refractivity contribution in [1.29, 1.82) is 0 Å². The summed E-state index contributed by atoms with van der Waals surface area (Å²) in [5.41, 5.74) is 24.4. The lowest BCUT2D eigenvalue weighted by Gasteiger charge is -2.07. The van der Waals surface area contributed by atoms with Crippen LogP contribution in [0.25, 0.3) is 0 Å². The van der Waals surface area contributed by atoms with Gasteiger partial charge in [0.05, 0.1) is 0 Å². The van der Waals surface area contributed by atoms with Gasteiger partial charge in [-0.1, -0.05) is 137 Å². The molecule has 0 fully saturated rings. The topological polar surface area (TPSA) is 52.0 Å². The Morgan fingerprint density at radius 1 is 0.341 bits per heavy atom. The van der Waals surface area contributed by atoms with E-state index in [1.165, 1.54) is 134 Å². The number of anilines is 2. The molecule has 0 spiro atoms. The summed E-state index contributed by atoms with van der Waals surface area (Å²) in [7, 11) is 0. The number of nitrogens with two attached hydrogens (primary N) is 2. The summed E-state index contributed by atoms with van der Waals surface area (Å²) in [6.07, 6.45) is 20.9. The summed E-state index contributed by atoms with van der Waals surface area (Å²) >= 11 is 0. The van der Waals surface area contributed by atoms with E-state index in [1.807, 2.05) is 12.1 Å². The Hall–Kier alpha value is -3.52. The minimum Gasteiger partial charge on any atom is -0.399 e. The maximum atomic E-state index is 5.96. The number of benzene rings is 4. The van der Waals surface area contributed by atoms with Crippen LogP contribution in [0.3, 0.4) is 0 Å². The molecule has 2 nitrogen and oxygen atoms in total. The van der Waals surface area contributed by atoms with Gasteiger partial charge in [0.25, 0.3) is 0 Å². The lowest BCUT2D eigenvalue weighted by Crippen LogP contribution is -1.94. The molecular weight excluding hydrogens is 532 g/mol. The highest BCUT2D eigenvalue weighted by Gasteiger charge is 2.03. The van der Waals surface area contributed by atoms with Gasteiger partial charge in [-0.2, -0.15) is 0 Å². The highest BCUT2D eigenvalue weighted by Crippen LogP contribution is 2.20. The second-order valence-corrected chi connectivity index (χ2v) is 13.1. The van der Waals surface area contributed by atoms with Crippen molar-refractivity contribution in [2.75, 3.05) is 11.5 Å². The smallest absolute Gasteiger partial charge is 0.0343 e. The molecule has 4 aromatic carbocycles. The predicted molar refractivity (Wildman–Crippen MR) is 192 cm³/mol. The second kappa shape index (κ2) is 18.3. The van der Waals surface area contributed by atoms with Crippen LogP contribution in [0, 0.1) is 13.8 Å². The van der Waals surface area contributed by atoms with Crippen LogP contribution in [0.5, 0.6) is 0 Å². The fraction of sp³-hybridized carbons (Fsp3) is 0.429. The summed E-state index contributed by atoms with van der Waals surface area (Å²) in [5.74, 6) is 0. The maximum Gasteiger partial charge on any atom is 0.0343 e. The van der Waals surface area contributed by atoms with Crippen LogP contribution >= 0.6 is 0 Å². The van der Waals surface area contributed by atoms with E-state index in [0.29, 0.717) is 0 Å². The van der Waals surface area contributed by atoms with Crippen molar-refractivity contribution in [3.05, 3.63) is 129 Å². The maximum absolute atomic E-state index is 5.96. The van der Waals surface area contributed by atoms with Crippen molar-refractivity contribution in [2.45, 2.75) is 117 Å². The number of hydrogen-bond acceptors (Lipinski definition) is 2. The molecule has 0 aliphatic rings. The molecule has 0 aliphatic heterocycles. The first-order chi connectivity index (χ1) is 21.5. The summed E-state index contributed by atoms with van der Waals surface area (Å²) in [4.78, 5) is 0. The molecule has 4 rings (SSSR count). The minimum atomic E-state index is 0.877. The Morgan fingerprint density at radius 2 is 0.614 bits per heavy atom. The van der Waals surface area contributed by atoms with Crippen LogP contribution in [0.1, 0.15) is 122 Å². The molecule has 0 radical (unpaired) electrons. The first-order valence-corrected chi connectivity index (χ1v) is 17.3. The standard InChI is InChI=1S/C42H56N2/c1-33-29-39(25-27-41(33)43)31-37-21-17-35(18-22-37)15-13-11-9-7-5-3-4-6-8-10-12-14-16-36-19-23-38(24-20-36)32-40-26-28-42(44)34(2)30-40/h17-30H,3-16,31-32,43-44H2,1-2H3. The van der Waals surface area contributed by atoms with E-state index in [1.54, 1.807) is 0 Å². The zero-order chi connectivity index (χ0) is 31.0. The monoisotopic (exact) mass is 588 g/mol. The highest BCUT2D eigenvalue weighted by atomic mass is 14.6. The van der Waals surface area contributed by atoms with E-state index < -0.39 is 0 Å². The second-order valence-electron chi connectivity index (χ2n) is 13.1. The van der Waals surface area contributed by atoms with E-state index in [2.05, 4.69) is 86.6 Å². The fourth-order valence-electron chi connectivity index (χ4n) is 6.24. The zero-order valence-electron chi connectivity index (χ0n) is 27.6. The third kappa shape index (κ3) is 11.9. The molecule has 234 valence electrons. The average molecular weight is 589 g/mol. The number of nitrogen functional groups attached to an aromatic ring is 2. The Balaban J connectivity index is 0.941. The predicted octanol–water partition coefficient (Wildman–Crippen LogP) is 11.1. The molecule has 0 amide bonds. The van der Waals surface area contributed by atoms with E-state index in [0.717, 1.165) is 24.2 Å². The van der Waals surface area contributed by atoms with Gasteiger partial charge in [-0.3, -0.25) is 0 Å². The third-order valence-electron chi connectivity index (χ3n) is 9.21. The average Bonchev–Trinajstić information content (AvgIpc) is 3.02. The van der Waals surface area contributed by atoms with Crippen LogP contribution in [0.4, 0.5) is 11.4 Å². The van der Waals surface area contributed by atoms with Crippen LogP contribution in [0.15, 0.2) is 84.9 Å². The van der Waals surface area contributed by atoms with Gasteiger partial charge in [-0.05, 0) is 109 Å². The van der Waals surface area contributed by atoms with Gasteiger partial charge in [0.1, 0.15) is 0 Å². The Kier molecular flexibility index (Phi) is 13.9. The highest BCUT2D eigenvalue weighted by molar-refractivity contribution is 5.49. The Morgan fingerprint density at radius 3 is 0.932 bits per heavy atom. The van der Waals surface area contributed by atoms with Crippen LogP contribution < -0.4 is 11.5 Å². The summed E-state index contributed by atoms with van der Waals surface area (Å²) in [6.45, 7) is 4.16. The van der Waals surface area contributed by atoms with E-state index in [-0.39, 0.29) is 0 Å². The Labute approximate surface area is 268 Å². The van der Waals surface area contributed by atoms with E-state index >= 15 is 0 Å². The molecule has 0 saturated carbocycles. The number of aryl methyl sites for hydroxylation is 4. The number of hydrogen-bond donors (Lipinski definition) is 2. The van der Waals surface area contributed by atoms with Gasteiger partial charge in [-0.25, -0.2) is 0 Å². The van der Waals surface area contributed by atoms with Crippen LogP contribution in [-0.4, -0.2) is 0 Å². The molecule has 0 unspecified atom stereocenters. The third-order valence-corrected chi connectivity index (χ3v) is 9.21. The van der Waals surface area contributed by atoms with E-state index in [4.69, 9.17) is 11.5 Å². The SMILES string of the molecule is Cc1cc(Cc2ccc(CCCCCCCCCCCCCCc3ccc(Cc4ccc(N)c(C)c4)cc3)cc2)ccc1N. The molecule has 0 aromatic heterocycles. The molecule has 0 aliphatic carbocycles. The normalized spacial score (nSPS) is 11.2. The summed E-state index contributed by atoms with van der Waals surface area (Å²) in [5, 5.41) is 0. The van der Waals surface area contributed by atoms with Crippen LogP contribution in [0.2, 0.25) is 0 Å². The van der Waals surface area contributed by atoms with Crippen molar-refractivity contribution < 1.29 is 0 Å². The van der Waals surface area contributed by atoms with Crippen molar-refractivity contribution in [1.82, 2.24) is 0 Å². The van der Waals surface area contributed by atoms with E-state index in [9.17, 15) is 0 Å². The van der Waals surface area contributed by atoms with Crippen molar-refractivity contribution in [3.63, 3.8) is 0 Å². The zero-order valence-corrected chi connectivity index (χ0v) is 27.6. The lowest BCUT2D eigenvalue weighted by atomic mass is 9.99. The van der Waals surface area contributed by atoms with Crippen LogP contribution in [-0.2, 0) is 25.7 Å². The lowest BCUT2D eigenvalue weighted by molar-refractivity contribution is 0.540. The van der Waals surface area contributed by atoms with Gasteiger partial charge in [-0.15, -0.1) is 0 Å². The molecule has 0 bridgehead atoms.